The van der Waals surface area contributed by atoms with E-state index in [0.29, 0.717) is 34.3 Å². The molecule has 0 amide bonds. The van der Waals surface area contributed by atoms with Crippen molar-refractivity contribution in [3.63, 3.8) is 0 Å². The standard InChI is InChI=1S/C16H18N4O2S/c1-4-13-18-14(22-19-13)10(3)23-16-17-12-9-7-6-8-11(12)15(21)20(16)5-2/h6-10H,4-5H2,1-3H3. The molecule has 120 valence electrons. The number of aromatic nitrogens is 4. The first kappa shape index (κ1) is 15.7. The Morgan fingerprint density at radius 2 is 2.04 bits per heavy atom. The van der Waals surface area contributed by atoms with Crippen LogP contribution in [0.1, 0.15) is 37.7 Å². The molecule has 0 aliphatic carbocycles. The van der Waals surface area contributed by atoms with Gasteiger partial charge in [-0.3, -0.25) is 9.36 Å². The Morgan fingerprint density at radius 1 is 1.26 bits per heavy atom. The Morgan fingerprint density at radius 3 is 2.74 bits per heavy atom. The van der Waals surface area contributed by atoms with Gasteiger partial charge >= 0.3 is 0 Å². The quantitative estimate of drug-likeness (QED) is 0.528. The Balaban J connectivity index is 2.00. The Kier molecular flexibility index (Phi) is 4.47. The van der Waals surface area contributed by atoms with Gasteiger partial charge in [0.1, 0.15) is 0 Å². The summed E-state index contributed by atoms with van der Waals surface area (Å²) in [6, 6.07) is 7.40. The number of fused-ring (bicyclic) bond motifs is 1. The molecule has 0 spiro atoms. The van der Waals surface area contributed by atoms with Crippen LogP contribution in [0.2, 0.25) is 0 Å². The van der Waals surface area contributed by atoms with Crippen LogP contribution in [0.4, 0.5) is 0 Å². The van der Waals surface area contributed by atoms with Crippen molar-refractivity contribution in [3.05, 3.63) is 46.3 Å². The fourth-order valence-corrected chi connectivity index (χ4v) is 3.30. The summed E-state index contributed by atoms with van der Waals surface area (Å²) in [6.45, 7) is 6.45. The summed E-state index contributed by atoms with van der Waals surface area (Å²) in [7, 11) is 0. The number of rotatable bonds is 5. The average molecular weight is 330 g/mol. The van der Waals surface area contributed by atoms with E-state index in [4.69, 9.17) is 4.52 Å². The molecule has 2 heterocycles. The Labute approximate surface area is 137 Å². The molecule has 23 heavy (non-hydrogen) atoms. The minimum atomic E-state index is -0.0753. The molecule has 0 aliphatic rings. The largest absolute Gasteiger partial charge is 0.338 e. The minimum absolute atomic E-state index is 0.0208. The van der Waals surface area contributed by atoms with E-state index in [-0.39, 0.29) is 10.8 Å². The predicted octanol–water partition coefficient (Wildman–Crippen LogP) is 3.22. The number of hydrogen-bond donors (Lipinski definition) is 0. The summed E-state index contributed by atoms with van der Waals surface area (Å²) >= 11 is 1.46. The van der Waals surface area contributed by atoms with E-state index in [1.165, 1.54) is 11.8 Å². The zero-order valence-electron chi connectivity index (χ0n) is 13.3. The normalized spacial score (nSPS) is 12.7. The fourth-order valence-electron chi connectivity index (χ4n) is 2.30. The Hall–Kier alpha value is -2.15. The van der Waals surface area contributed by atoms with Crippen LogP contribution in [-0.4, -0.2) is 19.7 Å². The first-order valence-corrected chi connectivity index (χ1v) is 8.50. The van der Waals surface area contributed by atoms with Crippen LogP contribution in [0.5, 0.6) is 0 Å². The minimum Gasteiger partial charge on any atom is -0.338 e. The van der Waals surface area contributed by atoms with E-state index in [1.54, 1.807) is 10.6 Å². The van der Waals surface area contributed by atoms with Gasteiger partial charge in [0.25, 0.3) is 5.56 Å². The first-order chi connectivity index (χ1) is 11.1. The van der Waals surface area contributed by atoms with Gasteiger partial charge in [-0.05, 0) is 26.0 Å². The van der Waals surface area contributed by atoms with Crippen molar-refractivity contribution >= 4 is 22.7 Å². The van der Waals surface area contributed by atoms with E-state index in [9.17, 15) is 4.79 Å². The number of aryl methyl sites for hydroxylation is 1. The summed E-state index contributed by atoms with van der Waals surface area (Å²) in [5, 5.41) is 5.15. The fraction of sp³-hybridized carbons (Fsp3) is 0.375. The molecule has 0 bridgehead atoms. The van der Waals surface area contributed by atoms with Crippen LogP contribution in [0.3, 0.4) is 0 Å². The molecule has 3 aromatic rings. The van der Waals surface area contributed by atoms with Crippen molar-refractivity contribution in [3.8, 4) is 0 Å². The van der Waals surface area contributed by atoms with Gasteiger partial charge in [-0.25, -0.2) is 4.98 Å². The number of hydrogen-bond acceptors (Lipinski definition) is 6. The molecule has 0 N–H and O–H groups in total. The first-order valence-electron chi connectivity index (χ1n) is 7.62. The molecular formula is C16H18N4O2S. The summed E-state index contributed by atoms with van der Waals surface area (Å²) in [5.74, 6) is 1.24. The van der Waals surface area contributed by atoms with Gasteiger partial charge in [-0.15, -0.1) is 0 Å². The van der Waals surface area contributed by atoms with Crippen LogP contribution in [0.25, 0.3) is 10.9 Å². The molecule has 0 saturated heterocycles. The maximum Gasteiger partial charge on any atom is 0.262 e. The lowest BCUT2D eigenvalue weighted by molar-refractivity contribution is 0.375. The second kappa shape index (κ2) is 6.54. The molecule has 0 aliphatic heterocycles. The summed E-state index contributed by atoms with van der Waals surface area (Å²) in [4.78, 5) is 21.6. The van der Waals surface area contributed by atoms with Crippen molar-refractivity contribution in [2.45, 2.75) is 44.1 Å². The second-order valence-corrected chi connectivity index (χ2v) is 6.43. The lowest BCUT2D eigenvalue weighted by Crippen LogP contribution is -2.22. The third-order valence-electron chi connectivity index (χ3n) is 3.57. The van der Waals surface area contributed by atoms with Gasteiger partial charge in [0.2, 0.25) is 5.89 Å². The second-order valence-electron chi connectivity index (χ2n) is 5.12. The monoisotopic (exact) mass is 330 g/mol. The third-order valence-corrected chi connectivity index (χ3v) is 4.65. The number of thioether (sulfide) groups is 1. The van der Waals surface area contributed by atoms with E-state index in [2.05, 4.69) is 15.1 Å². The third kappa shape index (κ3) is 3.01. The van der Waals surface area contributed by atoms with Gasteiger partial charge in [-0.2, -0.15) is 4.98 Å². The van der Waals surface area contributed by atoms with Crippen molar-refractivity contribution < 1.29 is 4.52 Å². The highest BCUT2D eigenvalue weighted by molar-refractivity contribution is 7.99. The van der Waals surface area contributed by atoms with Gasteiger partial charge in [-0.1, -0.05) is 36.0 Å². The van der Waals surface area contributed by atoms with Gasteiger partial charge < -0.3 is 4.52 Å². The molecular weight excluding hydrogens is 312 g/mol. The smallest absolute Gasteiger partial charge is 0.262 e. The van der Waals surface area contributed by atoms with E-state index >= 15 is 0 Å². The average Bonchev–Trinajstić information content (AvgIpc) is 3.04. The number of benzene rings is 1. The SMILES string of the molecule is CCc1noc(C(C)Sc2nc3ccccc3c(=O)n2CC)n1. The molecule has 0 radical (unpaired) electrons. The van der Waals surface area contributed by atoms with Crippen molar-refractivity contribution in [2.75, 3.05) is 0 Å². The molecule has 0 saturated carbocycles. The lowest BCUT2D eigenvalue weighted by Gasteiger charge is -2.13. The summed E-state index contributed by atoms with van der Waals surface area (Å²) in [5.41, 5.74) is 0.684. The topological polar surface area (TPSA) is 73.8 Å². The Bertz CT molecular complexity index is 887. The summed E-state index contributed by atoms with van der Waals surface area (Å²) in [6.07, 6.45) is 0.731. The molecule has 0 fully saturated rings. The highest BCUT2D eigenvalue weighted by atomic mass is 32.2. The summed E-state index contributed by atoms with van der Waals surface area (Å²) < 4.78 is 6.96. The van der Waals surface area contributed by atoms with Crippen LogP contribution < -0.4 is 5.56 Å². The van der Waals surface area contributed by atoms with Crippen molar-refractivity contribution in [1.82, 2.24) is 19.7 Å². The van der Waals surface area contributed by atoms with Crippen LogP contribution in [-0.2, 0) is 13.0 Å². The van der Waals surface area contributed by atoms with E-state index < -0.39 is 0 Å². The van der Waals surface area contributed by atoms with Crippen molar-refractivity contribution in [2.24, 2.45) is 0 Å². The molecule has 1 atom stereocenters. The van der Waals surface area contributed by atoms with E-state index in [1.807, 2.05) is 39.0 Å². The van der Waals surface area contributed by atoms with Crippen LogP contribution in [0.15, 0.2) is 38.7 Å². The maximum atomic E-state index is 12.6. The lowest BCUT2D eigenvalue weighted by atomic mass is 10.2. The van der Waals surface area contributed by atoms with Crippen LogP contribution in [0, 0.1) is 0 Å². The van der Waals surface area contributed by atoms with Gasteiger partial charge in [0, 0.05) is 13.0 Å². The maximum absolute atomic E-state index is 12.6. The zero-order chi connectivity index (χ0) is 16.4. The van der Waals surface area contributed by atoms with Crippen LogP contribution >= 0.6 is 11.8 Å². The highest BCUT2D eigenvalue weighted by Gasteiger charge is 2.19. The highest BCUT2D eigenvalue weighted by Crippen LogP contribution is 2.32. The molecule has 7 heteroatoms. The van der Waals surface area contributed by atoms with E-state index in [0.717, 1.165) is 6.42 Å². The predicted molar refractivity (Wildman–Crippen MR) is 89.6 cm³/mol. The molecule has 1 aromatic carbocycles. The van der Waals surface area contributed by atoms with Gasteiger partial charge in [0.05, 0.1) is 16.2 Å². The molecule has 2 aromatic heterocycles. The molecule has 3 rings (SSSR count). The number of nitrogens with zero attached hydrogens (tertiary/aromatic N) is 4. The van der Waals surface area contributed by atoms with Gasteiger partial charge in [0.15, 0.2) is 11.0 Å². The van der Waals surface area contributed by atoms with Crippen molar-refractivity contribution in [1.29, 1.82) is 0 Å². The molecule has 6 nitrogen and oxygen atoms in total. The zero-order valence-corrected chi connectivity index (χ0v) is 14.1. The number of para-hydroxylation sites is 1. The molecule has 1 unspecified atom stereocenters.